The van der Waals surface area contributed by atoms with Gasteiger partial charge in [0.1, 0.15) is 5.56 Å². The molecule has 7 heteroatoms. The number of thiazole rings is 1. The summed E-state index contributed by atoms with van der Waals surface area (Å²) in [7, 11) is 0. The summed E-state index contributed by atoms with van der Waals surface area (Å²) in [6.07, 6.45) is 4.84. The Morgan fingerprint density at radius 1 is 1.20 bits per heavy atom. The zero-order valence-electron chi connectivity index (χ0n) is 10.8. The van der Waals surface area contributed by atoms with E-state index >= 15 is 0 Å². The summed E-state index contributed by atoms with van der Waals surface area (Å²) in [5, 5.41) is 12.2. The fourth-order valence-corrected chi connectivity index (χ4v) is 3.04. The van der Waals surface area contributed by atoms with Crippen molar-refractivity contribution in [1.82, 2.24) is 9.97 Å². The molecule has 0 amide bonds. The number of carboxylic acids is 1. The minimum atomic E-state index is -0.935. The number of aromatic nitrogens is 2. The molecule has 0 aliphatic carbocycles. The largest absolute Gasteiger partial charge is 0.478 e. The van der Waals surface area contributed by atoms with Gasteiger partial charge in [-0.1, -0.05) is 0 Å². The molecule has 0 saturated carbocycles. The third-order valence-electron chi connectivity index (χ3n) is 3.34. The lowest BCUT2D eigenvalue weighted by atomic mass is 10.2. The van der Waals surface area contributed by atoms with Crippen molar-refractivity contribution in [2.24, 2.45) is 0 Å². The second kappa shape index (κ2) is 5.46. The molecule has 0 radical (unpaired) electrons. The van der Waals surface area contributed by atoms with E-state index in [1.54, 1.807) is 29.8 Å². The normalized spacial score (nSPS) is 15.4. The van der Waals surface area contributed by atoms with E-state index in [0.717, 1.165) is 37.0 Å². The minimum Gasteiger partial charge on any atom is -0.478 e. The number of anilines is 2. The highest BCUT2D eigenvalue weighted by atomic mass is 32.1. The van der Waals surface area contributed by atoms with E-state index in [4.69, 9.17) is 0 Å². The molecule has 3 heterocycles. The number of rotatable bonds is 3. The van der Waals surface area contributed by atoms with Crippen LogP contribution in [0.5, 0.6) is 0 Å². The molecule has 2 aromatic rings. The van der Waals surface area contributed by atoms with Crippen LogP contribution in [0, 0.1) is 0 Å². The lowest BCUT2D eigenvalue weighted by Gasteiger charge is -2.36. The van der Waals surface area contributed by atoms with Crippen LogP contribution in [-0.2, 0) is 0 Å². The van der Waals surface area contributed by atoms with Gasteiger partial charge in [0.2, 0.25) is 0 Å². The van der Waals surface area contributed by atoms with Gasteiger partial charge in [-0.25, -0.2) is 9.78 Å². The van der Waals surface area contributed by atoms with Crippen LogP contribution in [0.3, 0.4) is 0 Å². The zero-order valence-corrected chi connectivity index (χ0v) is 11.6. The number of piperazine rings is 1. The van der Waals surface area contributed by atoms with Crippen LogP contribution < -0.4 is 9.80 Å². The summed E-state index contributed by atoms with van der Waals surface area (Å²) in [4.78, 5) is 23.7. The van der Waals surface area contributed by atoms with Crippen LogP contribution in [0.25, 0.3) is 0 Å². The van der Waals surface area contributed by atoms with Crippen molar-refractivity contribution in [2.75, 3.05) is 36.0 Å². The van der Waals surface area contributed by atoms with Gasteiger partial charge in [0.25, 0.3) is 0 Å². The van der Waals surface area contributed by atoms with Crippen molar-refractivity contribution in [3.8, 4) is 0 Å². The highest BCUT2D eigenvalue weighted by Gasteiger charge is 2.22. The highest BCUT2D eigenvalue weighted by Crippen LogP contribution is 2.24. The second-order valence-electron chi connectivity index (χ2n) is 4.49. The number of hydrogen-bond acceptors (Lipinski definition) is 6. The zero-order chi connectivity index (χ0) is 13.9. The Balaban J connectivity index is 1.74. The van der Waals surface area contributed by atoms with Crippen LogP contribution in [0.4, 0.5) is 10.8 Å². The summed E-state index contributed by atoms with van der Waals surface area (Å²) in [5.74, 6) is -0.935. The molecule has 1 aliphatic rings. The molecule has 20 heavy (non-hydrogen) atoms. The molecule has 1 saturated heterocycles. The maximum atomic E-state index is 11.2. The molecule has 0 unspecified atom stereocenters. The Labute approximate surface area is 120 Å². The van der Waals surface area contributed by atoms with Gasteiger partial charge in [0, 0.05) is 50.1 Å². The predicted octanol–water partition coefficient (Wildman–Crippen LogP) is 1.56. The molecule has 2 aromatic heterocycles. The number of aromatic carboxylic acids is 1. The van der Waals surface area contributed by atoms with Crippen molar-refractivity contribution in [2.45, 2.75) is 0 Å². The highest BCUT2D eigenvalue weighted by molar-refractivity contribution is 7.13. The first-order valence-electron chi connectivity index (χ1n) is 6.32. The van der Waals surface area contributed by atoms with Crippen molar-refractivity contribution in [3.05, 3.63) is 35.6 Å². The van der Waals surface area contributed by atoms with Crippen LogP contribution in [0.15, 0.2) is 30.0 Å². The standard InChI is InChI=1S/C13H14N4O2S/c18-12(19)10-9-14-2-1-11(10)16-4-6-17(7-5-16)13-15-3-8-20-13/h1-3,8-9H,4-7H2,(H,18,19). The summed E-state index contributed by atoms with van der Waals surface area (Å²) >= 11 is 1.63. The third kappa shape index (κ3) is 2.44. The number of carboxylic acid groups (broad SMARTS) is 1. The lowest BCUT2D eigenvalue weighted by Crippen LogP contribution is -2.47. The summed E-state index contributed by atoms with van der Waals surface area (Å²) in [6, 6.07) is 1.77. The van der Waals surface area contributed by atoms with E-state index in [9.17, 15) is 9.90 Å². The van der Waals surface area contributed by atoms with E-state index in [2.05, 4.69) is 19.8 Å². The van der Waals surface area contributed by atoms with Crippen molar-refractivity contribution < 1.29 is 9.90 Å². The smallest absolute Gasteiger partial charge is 0.339 e. The van der Waals surface area contributed by atoms with Crippen molar-refractivity contribution in [1.29, 1.82) is 0 Å². The molecule has 1 N–H and O–H groups in total. The minimum absolute atomic E-state index is 0.259. The first kappa shape index (κ1) is 12.9. The van der Waals surface area contributed by atoms with Crippen molar-refractivity contribution in [3.63, 3.8) is 0 Å². The lowest BCUT2D eigenvalue weighted by molar-refractivity contribution is 0.0697. The molecule has 1 aliphatic heterocycles. The second-order valence-corrected chi connectivity index (χ2v) is 5.36. The molecular formula is C13H14N4O2S. The molecular weight excluding hydrogens is 276 g/mol. The van der Waals surface area contributed by atoms with Gasteiger partial charge in [-0.05, 0) is 6.07 Å². The van der Waals surface area contributed by atoms with Crippen LogP contribution >= 0.6 is 11.3 Å². The van der Waals surface area contributed by atoms with Gasteiger partial charge in [0.05, 0.1) is 5.69 Å². The Bertz CT molecular complexity index is 594. The Hall–Kier alpha value is -2.15. The Morgan fingerprint density at radius 3 is 2.60 bits per heavy atom. The first-order chi connectivity index (χ1) is 9.75. The van der Waals surface area contributed by atoms with Crippen LogP contribution in [0.2, 0.25) is 0 Å². The van der Waals surface area contributed by atoms with E-state index in [0.29, 0.717) is 0 Å². The molecule has 3 rings (SSSR count). The fourth-order valence-electron chi connectivity index (χ4n) is 2.34. The van der Waals surface area contributed by atoms with Crippen LogP contribution in [-0.4, -0.2) is 47.2 Å². The molecule has 0 bridgehead atoms. The molecule has 0 atom stereocenters. The molecule has 0 spiro atoms. The summed E-state index contributed by atoms with van der Waals surface area (Å²) in [5.41, 5.74) is 1.00. The van der Waals surface area contributed by atoms with E-state index in [-0.39, 0.29) is 5.56 Å². The number of hydrogen-bond donors (Lipinski definition) is 1. The van der Waals surface area contributed by atoms with Gasteiger partial charge < -0.3 is 14.9 Å². The van der Waals surface area contributed by atoms with Gasteiger partial charge >= 0.3 is 5.97 Å². The third-order valence-corrected chi connectivity index (χ3v) is 4.17. The molecule has 6 nitrogen and oxygen atoms in total. The maximum Gasteiger partial charge on any atom is 0.339 e. The molecule has 0 aromatic carbocycles. The number of pyridine rings is 1. The van der Waals surface area contributed by atoms with Crippen molar-refractivity contribution >= 4 is 28.1 Å². The van der Waals surface area contributed by atoms with Crippen LogP contribution in [0.1, 0.15) is 10.4 Å². The summed E-state index contributed by atoms with van der Waals surface area (Å²) < 4.78 is 0. The van der Waals surface area contributed by atoms with E-state index in [1.807, 2.05) is 5.38 Å². The Kier molecular flexibility index (Phi) is 3.51. The average molecular weight is 290 g/mol. The van der Waals surface area contributed by atoms with Gasteiger partial charge in [-0.2, -0.15) is 0 Å². The maximum absolute atomic E-state index is 11.2. The van der Waals surface area contributed by atoms with Gasteiger partial charge in [-0.15, -0.1) is 11.3 Å². The van der Waals surface area contributed by atoms with E-state index in [1.165, 1.54) is 6.20 Å². The Morgan fingerprint density at radius 2 is 1.95 bits per heavy atom. The molecule has 1 fully saturated rings. The van der Waals surface area contributed by atoms with Gasteiger partial charge in [-0.3, -0.25) is 4.98 Å². The quantitative estimate of drug-likeness (QED) is 0.925. The van der Waals surface area contributed by atoms with E-state index < -0.39 is 5.97 Å². The topological polar surface area (TPSA) is 69.6 Å². The predicted molar refractivity (Wildman–Crippen MR) is 77.7 cm³/mol. The summed E-state index contributed by atoms with van der Waals surface area (Å²) in [6.45, 7) is 3.25. The first-order valence-corrected chi connectivity index (χ1v) is 7.20. The number of nitrogens with zero attached hydrogens (tertiary/aromatic N) is 4. The van der Waals surface area contributed by atoms with Gasteiger partial charge in [0.15, 0.2) is 5.13 Å². The number of carbonyl (C=O) groups is 1. The fraction of sp³-hybridized carbons (Fsp3) is 0.308. The monoisotopic (exact) mass is 290 g/mol. The SMILES string of the molecule is O=C(O)c1cnccc1N1CCN(c2nccs2)CC1. The molecule has 104 valence electrons. The average Bonchev–Trinajstić information content (AvgIpc) is 3.02.